The SMILES string of the molecule is Cn1cc(C2(CN)CC(F)(F)C2)c(C(C)(C)C)n1. The zero-order chi connectivity index (χ0) is 13.8. The number of rotatable bonds is 2. The molecule has 0 aromatic carbocycles. The van der Waals surface area contributed by atoms with Gasteiger partial charge in [-0.25, -0.2) is 8.78 Å². The Balaban J connectivity index is 2.45. The van der Waals surface area contributed by atoms with Gasteiger partial charge in [-0.2, -0.15) is 5.10 Å². The van der Waals surface area contributed by atoms with Crippen molar-refractivity contribution in [3.8, 4) is 0 Å². The molecule has 102 valence electrons. The molecule has 1 saturated carbocycles. The lowest BCUT2D eigenvalue weighted by Gasteiger charge is -2.47. The molecule has 2 rings (SSSR count). The van der Waals surface area contributed by atoms with Crippen molar-refractivity contribution < 1.29 is 8.78 Å². The summed E-state index contributed by atoms with van der Waals surface area (Å²) < 4.78 is 28.2. The maximum Gasteiger partial charge on any atom is 0.250 e. The monoisotopic (exact) mass is 257 g/mol. The van der Waals surface area contributed by atoms with Gasteiger partial charge in [0, 0.05) is 49.0 Å². The lowest BCUT2D eigenvalue weighted by molar-refractivity contribution is -0.124. The number of hydrogen-bond donors (Lipinski definition) is 1. The van der Waals surface area contributed by atoms with Crippen LogP contribution in [0.15, 0.2) is 6.20 Å². The van der Waals surface area contributed by atoms with Gasteiger partial charge in [0.2, 0.25) is 5.92 Å². The summed E-state index contributed by atoms with van der Waals surface area (Å²) in [6.45, 7) is 6.37. The van der Waals surface area contributed by atoms with E-state index in [2.05, 4.69) is 5.10 Å². The van der Waals surface area contributed by atoms with Gasteiger partial charge in [-0.1, -0.05) is 20.8 Å². The Morgan fingerprint density at radius 1 is 1.39 bits per heavy atom. The third kappa shape index (κ3) is 2.05. The van der Waals surface area contributed by atoms with E-state index in [-0.39, 0.29) is 24.8 Å². The van der Waals surface area contributed by atoms with Crippen molar-refractivity contribution in [2.45, 2.75) is 50.4 Å². The van der Waals surface area contributed by atoms with Gasteiger partial charge in [0.25, 0.3) is 0 Å². The van der Waals surface area contributed by atoms with E-state index in [1.807, 2.05) is 34.0 Å². The standard InChI is InChI=1S/C13H21F2N3/c1-11(2,3)10-9(5-18(4)17-10)12(8-16)6-13(14,15)7-12/h5H,6-8,16H2,1-4H3. The molecule has 1 aliphatic rings. The average Bonchev–Trinajstić information content (AvgIpc) is 2.55. The highest BCUT2D eigenvalue weighted by Gasteiger charge is 2.58. The molecule has 1 fully saturated rings. The molecule has 2 N–H and O–H groups in total. The minimum atomic E-state index is -2.58. The van der Waals surface area contributed by atoms with Gasteiger partial charge in [0.05, 0.1) is 5.69 Å². The highest BCUT2D eigenvalue weighted by atomic mass is 19.3. The molecule has 0 unspecified atom stereocenters. The van der Waals surface area contributed by atoms with E-state index in [1.54, 1.807) is 4.68 Å². The topological polar surface area (TPSA) is 43.8 Å². The zero-order valence-corrected chi connectivity index (χ0v) is 11.4. The first-order valence-electron chi connectivity index (χ1n) is 6.22. The minimum Gasteiger partial charge on any atom is -0.330 e. The lowest BCUT2D eigenvalue weighted by Crippen LogP contribution is -2.54. The normalized spacial score (nSPS) is 21.7. The summed E-state index contributed by atoms with van der Waals surface area (Å²) >= 11 is 0. The van der Waals surface area contributed by atoms with E-state index in [1.165, 1.54) is 0 Å². The fourth-order valence-electron chi connectivity index (χ4n) is 2.81. The van der Waals surface area contributed by atoms with Crippen molar-refractivity contribution in [2.24, 2.45) is 12.8 Å². The molecule has 1 aliphatic carbocycles. The summed E-state index contributed by atoms with van der Waals surface area (Å²) in [6.07, 6.45) is 1.53. The first-order valence-corrected chi connectivity index (χ1v) is 6.22. The Morgan fingerprint density at radius 3 is 2.33 bits per heavy atom. The highest BCUT2D eigenvalue weighted by Crippen LogP contribution is 2.54. The van der Waals surface area contributed by atoms with Crippen LogP contribution in [0.2, 0.25) is 0 Å². The van der Waals surface area contributed by atoms with Crippen LogP contribution < -0.4 is 5.73 Å². The highest BCUT2D eigenvalue weighted by molar-refractivity contribution is 5.36. The molecule has 1 aromatic rings. The van der Waals surface area contributed by atoms with E-state index in [0.717, 1.165) is 11.3 Å². The fraction of sp³-hybridized carbons (Fsp3) is 0.769. The van der Waals surface area contributed by atoms with Crippen molar-refractivity contribution in [1.29, 1.82) is 0 Å². The predicted octanol–water partition coefficient (Wildman–Crippen LogP) is 2.34. The maximum absolute atomic E-state index is 13.3. The van der Waals surface area contributed by atoms with Crippen molar-refractivity contribution in [1.82, 2.24) is 9.78 Å². The van der Waals surface area contributed by atoms with Crippen molar-refractivity contribution >= 4 is 0 Å². The van der Waals surface area contributed by atoms with Crippen LogP contribution in [0, 0.1) is 0 Å². The average molecular weight is 257 g/mol. The van der Waals surface area contributed by atoms with Crippen LogP contribution in [0.25, 0.3) is 0 Å². The number of nitrogens with zero attached hydrogens (tertiary/aromatic N) is 2. The largest absolute Gasteiger partial charge is 0.330 e. The van der Waals surface area contributed by atoms with Gasteiger partial charge >= 0.3 is 0 Å². The molecule has 0 amide bonds. The smallest absolute Gasteiger partial charge is 0.250 e. The van der Waals surface area contributed by atoms with Crippen LogP contribution in [0.3, 0.4) is 0 Å². The van der Waals surface area contributed by atoms with E-state index >= 15 is 0 Å². The number of halogens is 2. The molecule has 1 heterocycles. The van der Waals surface area contributed by atoms with Gasteiger partial charge < -0.3 is 5.73 Å². The third-order valence-corrected chi connectivity index (χ3v) is 3.70. The van der Waals surface area contributed by atoms with Crippen LogP contribution in [0.4, 0.5) is 8.78 Å². The van der Waals surface area contributed by atoms with Gasteiger partial charge in [-0.15, -0.1) is 0 Å². The minimum absolute atomic E-state index is 0.161. The van der Waals surface area contributed by atoms with Crippen LogP contribution >= 0.6 is 0 Å². The fourth-order valence-corrected chi connectivity index (χ4v) is 2.81. The van der Waals surface area contributed by atoms with Gasteiger partial charge in [-0.3, -0.25) is 4.68 Å². The molecule has 0 radical (unpaired) electrons. The summed E-state index contributed by atoms with van der Waals surface area (Å²) in [5, 5.41) is 4.44. The second-order valence-electron chi connectivity index (χ2n) is 6.51. The predicted molar refractivity (Wildman–Crippen MR) is 66.8 cm³/mol. The van der Waals surface area contributed by atoms with Gasteiger partial charge in [-0.05, 0) is 0 Å². The van der Waals surface area contributed by atoms with Crippen LogP contribution in [-0.4, -0.2) is 22.2 Å². The summed E-state index contributed by atoms with van der Waals surface area (Å²) in [5.41, 5.74) is 6.79. The van der Waals surface area contributed by atoms with Crippen molar-refractivity contribution in [2.75, 3.05) is 6.54 Å². The second-order valence-corrected chi connectivity index (χ2v) is 6.51. The van der Waals surface area contributed by atoms with Gasteiger partial charge in [0.1, 0.15) is 0 Å². The first kappa shape index (κ1) is 13.5. The summed E-state index contributed by atoms with van der Waals surface area (Å²) in [7, 11) is 1.82. The second kappa shape index (κ2) is 3.76. The first-order chi connectivity index (χ1) is 8.10. The molecule has 3 nitrogen and oxygen atoms in total. The van der Waals surface area contributed by atoms with Crippen LogP contribution in [0.1, 0.15) is 44.9 Å². The van der Waals surface area contributed by atoms with E-state index in [0.29, 0.717) is 0 Å². The molecular weight excluding hydrogens is 236 g/mol. The summed E-state index contributed by atoms with van der Waals surface area (Å²) in [5.74, 6) is -2.58. The van der Waals surface area contributed by atoms with Crippen molar-refractivity contribution in [3.63, 3.8) is 0 Å². The van der Waals surface area contributed by atoms with Crippen molar-refractivity contribution in [3.05, 3.63) is 17.5 Å². The van der Waals surface area contributed by atoms with Gasteiger partial charge in [0.15, 0.2) is 0 Å². The maximum atomic E-state index is 13.3. The van der Waals surface area contributed by atoms with E-state index in [4.69, 9.17) is 5.73 Å². The molecule has 18 heavy (non-hydrogen) atoms. The molecule has 0 saturated heterocycles. The summed E-state index contributed by atoms with van der Waals surface area (Å²) in [4.78, 5) is 0. The molecule has 0 bridgehead atoms. The molecule has 1 aromatic heterocycles. The number of aryl methyl sites for hydroxylation is 1. The Kier molecular flexibility index (Phi) is 2.81. The molecule has 0 aliphatic heterocycles. The Morgan fingerprint density at radius 2 is 1.94 bits per heavy atom. The Labute approximate surface area is 106 Å². The number of hydrogen-bond acceptors (Lipinski definition) is 2. The third-order valence-electron chi connectivity index (χ3n) is 3.70. The quantitative estimate of drug-likeness (QED) is 0.883. The zero-order valence-electron chi connectivity index (χ0n) is 11.4. The van der Waals surface area contributed by atoms with E-state index in [9.17, 15) is 8.78 Å². The lowest BCUT2D eigenvalue weighted by atomic mass is 9.61. The molecule has 0 atom stereocenters. The number of aromatic nitrogens is 2. The molecule has 5 heteroatoms. The Bertz CT molecular complexity index is 449. The number of nitrogens with two attached hydrogens (primary N) is 1. The van der Waals surface area contributed by atoms with Crippen LogP contribution in [0.5, 0.6) is 0 Å². The molecule has 0 spiro atoms. The summed E-state index contributed by atoms with van der Waals surface area (Å²) in [6, 6.07) is 0. The van der Waals surface area contributed by atoms with E-state index < -0.39 is 11.3 Å². The number of alkyl halides is 2. The molecular formula is C13H21F2N3. The Hall–Kier alpha value is -0.970. The van der Waals surface area contributed by atoms with Crippen LogP contribution in [-0.2, 0) is 17.9 Å².